The van der Waals surface area contributed by atoms with Crippen LogP contribution in [0.1, 0.15) is 98.3 Å². The van der Waals surface area contributed by atoms with Crippen LogP contribution in [-0.2, 0) is 0 Å². The van der Waals surface area contributed by atoms with Crippen molar-refractivity contribution in [1.82, 2.24) is 4.90 Å². The van der Waals surface area contributed by atoms with E-state index in [4.69, 9.17) is 0 Å². The first-order valence-electron chi connectivity index (χ1n) is 8.96. The predicted molar refractivity (Wildman–Crippen MR) is 96.1 cm³/mol. The van der Waals surface area contributed by atoms with Crippen LogP contribution in [0.2, 0.25) is 0 Å². The lowest BCUT2D eigenvalue weighted by Gasteiger charge is -2.24. The summed E-state index contributed by atoms with van der Waals surface area (Å²) in [7, 11) is 0. The molecule has 0 saturated carbocycles. The van der Waals surface area contributed by atoms with Crippen molar-refractivity contribution in [2.24, 2.45) is 0 Å². The zero-order chi connectivity index (χ0) is 14.3. The molecule has 0 saturated heterocycles. The van der Waals surface area contributed by atoms with E-state index in [2.05, 4.69) is 32.6 Å². The summed E-state index contributed by atoms with van der Waals surface area (Å²) in [4.78, 5) is 2.58. The van der Waals surface area contributed by atoms with Crippen LogP contribution in [0.4, 0.5) is 0 Å². The van der Waals surface area contributed by atoms with Crippen molar-refractivity contribution in [2.75, 3.05) is 13.1 Å². The van der Waals surface area contributed by atoms with Crippen LogP contribution < -0.4 is 0 Å². The molecule has 0 aromatic rings. The number of nitrogens with zero attached hydrogens (tertiary/aromatic N) is 1. The molecule has 0 atom stereocenters. The standard InChI is InChI=1S/C18H39N.ClH/c1-5-7-8-9-10-11-12-13-14-15-16-17-19(6-2)18(3)4;/h18H,5-17H2,1-4H3;1H. The van der Waals surface area contributed by atoms with Crippen molar-refractivity contribution in [3.05, 3.63) is 0 Å². The molecule has 20 heavy (non-hydrogen) atoms. The molecule has 0 aliphatic rings. The molecular weight excluding hydrogens is 266 g/mol. The summed E-state index contributed by atoms with van der Waals surface area (Å²) in [6, 6.07) is 0.716. The highest BCUT2D eigenvalue weighted by Gasteiger charge is 2.05. The van der Waals surface area contributed by atoms with Crippen LogP contribution in [0.25, 0.3) is 0 Å². The first-order valence-corrected chi connectivity index (χ1v) is 8.96. The van der Waals surface area contributed by atoms with Crippen molar-refractivity contribution < 1.29 is 0 Å². The Labute approximate surface area is 135 Å². The summed E-state index contributed by atoms with van der Waals surface area (Å²) < 4.78 is 0. The second-order valence-electron chi connectivity index (χ2n) is 6.26. The maximum absolute atomic E-state index is 2.58. The largest absolute Gasteiger partial charge is 0.301 e. The van der Waals surface area contributed by atoms with Gasteiger partial charge < -0.3 is 4.90 Å². The van der Waals surface area contributed by atoms with Crippen molar-refractivity contribution in [2.45, 2.75) is 104 Å². The van der Waals surface area contributed by atoms with Gasteiger partial charge in [0.25, 0.3) is 0 Å². The van der Waals surface area contributed by atoms with Crippen molar-refractivity contribution in [3.63, 3.8) is 0 Å². The molecule has 0 aromatic carbocycles. The number of unbranched alkanes of at least 4 members (excludes halogenated alkanes) is 10. The van der Waals surface area contributed by atoms with Gasteiger partial charge in [-0.1, -0.05) is 78.1 Å². The molecule has 0 bridgehead atoms. The van der Waals surface area contributed by atoms with E-state index in [1.165, 1.54) is 83.7 Å². The summed E-state index contributed by atoms with van der Waals surface area (Å²) in [5.41, 5.74) is 0. The van der Waals surface area contributed by atoms with E-state index in [0.29, 0.717) is 6.04 Å². The monoisotopic (exact) mass is 305 g/mol. The van der Waals surface area contributed by atoms with E-state index >= 15 is 0 Å². The molecule has 2 heteroatoms. The summed E-state index contributed by atoms with van der Waals surface area (Å²) >= 11 is 0. The minimum Gasteiger partial charge on any atom is -0.301 e. The average molecular weight is 306 g/mol. The summed E-state index contributed by atoms with van der Waals surface area (Å²) in [6.45, 7) is 11.7. The van der Waals surface area contributed by atoms with Crippen molar-refractivity contribution in [3.8, 4) is 0 Å². The molecule has 0 fully saturated rings. The van der Waals surface area contributed by atoms with Crippen LogP contribution >= 0.6 is 12.4 Å². The lowest BCUT2D eigenvalue weighted by Crippen LogP contribution is -2.31. The Balaban J connectivity index is 0. The summed E-state index contributed by atoms with van der Waals surface area (Å²) in [5, 5.41) is 0. The molecule has 1 nitrogen and oxygen atoms in total. The van der Waals surface area contributed by atoms with Gasteiger partial charge in [-0.05, 0) is 33.4 Å². The van der Waals surface area contributed by atoms with Gasteiger partial charge in [0.1, 0.15) is 0 Å². The topological polar surface area (TPSA) is 3.24 Å². The summed E-state index contributed by atoms with van der Waals surface area (Å²) in [5.74, 6) is 0. The van der Waals surface area contributed by atoms with Crippen LogP contribution in [-0.4, -0.2) is 24.0 Å². The zero-order valence-corrected chi connectivity index (χ0v) is 15.4. The number of hydrogen-bond acceptors (Lipinski definition) is 1. The van der Waals surface area contributed by atoms with Crippen LogP contribution in [0.3, 0.4) is 0 Å². The predicted octanol–water partition coefficient (Wildman–Crippen LogP) is 6.45. The third-order valence-corrected chi connectivity index (χ3v) is 4.19. The molecule has 0 aliphatic carbocycles. The van der Waals surface area contributed by atoms with Gasteiger partial charge in [0.05, 0.1) is 0 Å². The third-order valence-electron chi connectivity index (χ3n) is 4.19. The minimum absolute atomic E-state index is 0. The minimum atomic E-state index is 0. The van der Waals surface area contributed by atoms with E-state index in [9.17, 15) is 0 Å². The molecule has 0 N–H and O–H groups in total. The molecular formula is C18H40ClN. The molecule has 0 unspecified atom stereocenters. The highest BCUT2D eigenvalue weighted by Crippen LogP contribution is 2.11. The van der Waals surface area contributed by atoms with Gasteiger partial charge in [-0.3, -0.25) is 0 Å². The summed E-state index contributed by atoms with van der Waals surface area (Å²) in [6.07, 6.45) is 15.9. The smallest absolute Gasteiger partial charge is 0.00384 e. The molecule has 0 heterocycles. The molecule has 0 radical (unpaired) electrons. The Bertz CT molecular complexity index is 171. The Kier molecular flexibility index (Phi) is 19.5. The zero-order valence-electron chi connectivity index (χ0n) is 14.6. The Morgan fingerprint density at radius 2 is 1.05 bits per heavy atom. The first-order chi connectivity index (χ1) is 9.22. The van der Waals surface area contributed by atoms with E-state index in [-0.39, 0.29) is 12.4 Å². The van der Waals surface area contributed by atoms with Crippen LogP contribution in [0.15, 0.2) is 0 Å². The van der Waals surface area contributed by atoms with Crippen molar-refractivity contribution >= 4 is 12.4 Å². The van der Waals surface area contributed by atoms with Gasteiger partial charge in [-0.15, -0.1) is 12.4 Å². The van der Waals surface area contributed by atoms with Gasteiger partial charge in [0.15, 0.2) is 0 Å². The lowest BCUT2D eigenvalue weighted by atomic mass is 10.1. The molecule has 124 valence electrons. The van der Waals surface area contributed by atoms with Gasteiger partial charge in [0, 0.05) is 6.04 Å². The Morgan fingerprint density at radius 3 is 1.40 bits per heavy atom. The fourth-order valence-electron chi connectivity index (χ4n) is 2.76. The molecule has 0 amide bonds. The van der Waals surface area contributed by atoms with Crippen molar-refractivity contribution in [1.29, 1.82) is 0 Å². The Hall–Kier alpha value is 0.250. The van der Waals surface area contributed by atoms with E-state index in [1.807, 2.05) is 0 Å². The highest BCUT2D eigenvalue weighted by atomic mass is 35.5. The molecule has 0 aromatic heterocycles. The molecule has 0 aliphatic heterocycles. The second-order valence-corrected chi connectivity index (χ2v) is 6.26. The fourth-order valence-corrected chi connectivity index (χ4v) is 2.76. The van der Waals surface area contributed by atoms with Crippen LogP contribution in [0, 0.1) is 0 Å². The number of hydrogen-bond donors (Lipinski definition) is 0. The van der Waals surface area contributed by atoms with E-state index in [0.717, 1.165) is 0 Å². The maximum atomic E-state index is 2.58. The number of halogens is 1. The maximum Gasteiger partial charge on any atom is 0.00384 e. The number of rotatable bonds is 14. The molecule has 0 rings (SSSR count). The van der Waals surface area contributed by atoms with Gasteiger partial charge in [0.2, 0.25) is 0 Å². The highest BCUT2D eigenvalue weighted by molar-refractivity contribution is 5.85. The Morgan fingerprint density at radius 1 is 0.650 bits per heavy atom. The van der Waals surface area contributed by atoms with E-state index < -0.39 is 0 Å². The van der Waals surface area contributed by atoms with E-state index in [1.54, 1.807) is 0 Å². The van der Waals surface area contributed by atoms with Crippen LogP contribution in [0.5, 0.6) is 0 Å². The lowest BCUT2D eigenvalue weighted by molar-refractivity contribution is 0.228. The third kappa shape index (κ3) is 14.7. The quantitative estimate of drug-likeness (QED) is 0.333. The second kappa shape index (κ2) is 17.3. The normalized spacial score (nSPS) is 11.1. The van der Waals surface area contributed by atoms with Gasteiger partial charge in [-0.25, -0.2) is 0 Å². The van der Waals surface area contributed by atoms with Gasteiger partial charge >= 0.3 is 0 Å². The molecule has 0 spiro atoms. The first kappa shape index (κ1) is 22.5. The average Bonchev–Trinajstić information content (AvgIpc) is 2.40. The fraction of sp³-hybridized carbons (Fsp3) is 1.00. The SMILES string of the molecule is CCCCCCCCCCCCCN(CC)C(C)C.Cl. The van der Waals surface area contributed by atoms with Gasteiger partial charge in [-0.2, -0.15) is 0 Å².